The highest BCUT2D eigenvalue weighted by molar-refractivity contribution is 6.32. The summed E-state index contributed by atoms with van der Waals surface area (Å²) in [6.45, 7) is 8.47. The Kier molecular flexibility index (Phi) is 7.43. The molecular formula is C24H31ClN2O2. The molecule has 2 aromatic carbocycles. The topological polar surface area (TPSA) is 41.6 Å². The average molecular weight is 415 g/mol. The van der Waals surface area contributed by atoms with Crippen LogP contribution < -0.4 is 15.0 Å². The number of para-hydroxylation sites is 1. The van der Waals surface area contributed by atoms with Gasteiger partial charge in [-0.15, -0.1) is 0 Å². The molecule has 1 saturated heterocycles. The normalized spacial score (nSPS) is 18.8. The van der Waals surface area contributed by atoms with Crippen LogP contribution in [0.2, 0.25) is 5.02 Å². The van der Waals surface area contributed by atoms with Crippen molar-refractivity contribution in [1.29, 1.82) is 0 Å². The van der Waals surface area contributed by atoms with Crippen LogP contribution in [0.3, 0.4) is 0 Å². The molecule has 0 spiro atoms. The summed E-state index contributed by atoms with van der Waals surface area (Å²) < 4.78 is 5.85. The minimum atomic E-state index is -0.577. The number of carbonyl (C=O) groups is 1. The Morgan fingerprint density at radius 1 is 1.24 bits per heavy atom. The summed E-state index contributed by atoms with van der Waals surface area (Å²) in [6.07, 6.45) is 2.55. The minimum Gasteiger partial charge on any atom is -0.479 e. The van der Waals surface area contributed by atoms with Gasteiger partial charge in [-0.05, 0) is 61.9 Å². The molecule has 4 nitrogen and oxygen atoms in total. The van der Waals surface area contributed by atoms with Gasteiger partial charge in [0, 0.05) is 18.8 Å². The molecule has 1 amide bonds. The van der Waals surface area contributed by atoms with Gasteiger partial charge in [-0.3, -0.25) is 4.79 Å². The predicted octanol–water partition coefficient (Wildman–Crippen LogP) is 5.61. The molecule has 1 aliphatic rings. The van der Waals surface area contributed by atoms with E-state index in [1.165, 1.54) is 18.5 Å². The molecule has 1 fully saturated rings. The second-order valence-corrected chi connectivity index (χ2v) is 8.37. The van der Waals surface area contributed by atoms with Gasteiger partial charge < -0.3 is 15.0 Å². The second kappa shape index (κ2) is 10.0. The van der Waals surface area contributed by atoms with Gasteiger partial charge in [0.05, 0.1) is 11.1 Å². The molecular weight excluding hydrogens is 384 g/mol. The Balaban J connectivity index is 1.60. The second-order valence-electron chi connectivity index (χ2n) is 7.96. The van der Waals surface area contributed by atoms with Gasteiger partial charge in [0.15, 0.2) is 6.10 Å². The summed E-state index contributed by atoms with van der Waals surface area (Å²) in [5.74, 6) is 1.14. The summed E-state index contributed by atoms with van der Waals surface area (Å²) in [7, 11) is 0. The largest absolute Gasteiger partial charge is 0.479 e. The summed E-state index contributed by atoms with van der Waals surface area (Å²) in [5, 5.41) is 3.58. The number of carbonyl (C=O) groups excluding carboxylic acids is 1. The lowest BCUT2D eigenvalue weighted by Gasteiger charge is -2.33. The fourth-order valence-electron chi connectivity index (χ4n) is 3.80. The highest BCUT2D eigenvalue weighted by Crippen LogP contribution is 2.26. The molecule has 156 valence electrons. The van der Waals surface area contributed by atoms with Crippen LogP contribution in [0.25, 0.3) is 0 Å². The van der Waals surface area contributed by atoms with Crippen molar-refractivity contribution >= 4 is 23.2 Å². The molecule has 1 heterocycles. The van der Waals surface area contributed by atoms with Crippen LogP contribution in [0.4, 0.5) is 5.69 Å². The third-order valence-electron chi connectivity index (χ3n) is 5.54. The number of amides is 1. The van der Waals surface area contributed by atoms with Crippen molar-refractivity contribution in [1.82, 2.24) is 5.32 Å². The molecule has 0 aliphatic carbocycles. The standard InChI is InChI=1S/C24H31ClN2O2/c1-4-22(29-23-10-6-5-9-21(23)25)24(28)26-18(3)19-11-13-20(14-12-19)27-15-7-8-17(2)16-27/h5-6,9-14,17-18,22H,4,7-8,15-16H2,1-3H3,(H,26,28)/t17-,18-,22-/m1/s1. The third kappa shape index (κ3) is 5.66. The van der Waals surface area contributed by atoms with Crippen LogP contribution in [-0.4, -0.2) is 25.1 Å². The van der Waals surface area contributed by atoms with Crippen molar-refractivity contribution in [3.8, 4) is 5.75 Å². The fourth-order valence-corrected chi connectivity index (χ4v) is 3.98. The monoisotopic (exact) mass is 414 g/mol. The number of nitrogens with one attached hydrogen (secondary N) is 1. The summed E-state index contributed by atoms with van der Waals surface area (Å²) in [5.41, 5.74) is 2.34. The maximum Gasteiger partial charge on any atom is 0.261 e. The van der Waals surface area contributed by atoms with Gasteiger partial charge >= 0.3 is 0 Å². The first-order valence-electron chi connectivity index (χ1n) is 10.5. The Morgan fingerprint density at radius 3 is 2.62 bits per heavy atom. The van der Waals surface area contributed by atoms with Crippen LogP contribution in [0.15, 0.2) is 48.5 Å². The van der Waals surface area contributed by atoms with Crippen molar-refractivity contribution in [3.63, 3.8) is 0 Å². The van der Waals surface area contributed by atoms with E-state index in [-0.39, 0.29) is 11.9 Å². The molecule has 0 aromatic heterocycles. The van der Waals surface area contributed by atoms with E-state index >= 15 is 0 Å². The first-order chi connectivity index (χ1) is 14.0. The van der Waals surface area contributed by atoms with Crippen molar-refractivity contribution in [2.24, 2.45) is 5.92 Å². The first-order valence-corrected chi connectivity index (χ1v) is 10.9. The highest BCUT2D eigenvalue weighted by Gasteiger charge is 2.22. The van der Waals surface area contributed by atoms with E-state index in [1.807, 2.05) is 26.0 Å². The minimum absolute atomic E-state index is 0.0966. The predicted molar refractivity (Wildman–Crippen MR) is 120 cm³/mol. The van der Waals surface area contributed by atoms with Gasteiger partial charge in [0.25, 0.3) is 5.91 Å². The van der Waals surface area contributed by atoms with Gasteiger partial charge in [0.2, 0.25) is 0 Å². The Hall–Kier alpha value is -2.20. The third-order valence-corrected chi connectivity index (χ3v) is 5.86. The number of anilines is 1. The average Bonchev–Trinajstić information content (AvgIpc) is 2.73. The number of rotatable bonds is 7. The van der Waals surface area contributed by atoms with Crippen molar-refractivity contribution < 1.29 is 9.53 Å². The lowest BCUT2D eigenvalue weighted by atomic mass is 9.99. The zero-order valence-corrected chi connectivity index (χ0v) is 18.3. The molecule has 0 radical (unpaired) electrons. The maximum atomic E-state index is 12.7. The highest BCUT2D eigenvalue weighted by atomic mass is 35.5. The summed E-state index contributed by atoms with van der Waals surface area (Å²) in [6, 6.07) is 15.7. The summed E-state index contributed by atoms with van der Waals surface area (Å²) in [4.78, 5) is 15.2. The lowest BCUT2D eigenvalue weighted by molar-refractivity contribution is -0.128. The maximum absolute atomic E-state index is 12.7. The molecule has 29 heavy (non-hydrogen) atoms. The number of ether oxygens (including phenoxy) is 1. The molecule has 1 N–H and O–H groups in total. The van der Waals surface area contributed by atoms with E-state index in [0.717, 1.165) is 24.6 Å². The Bertz CT molecular complexity index is 809. The molecule has 3 atom stereocenters. The van der Waals surface area contributed by atoms with Gasteiger partial charge in [0.1, 0.15) is 5.75 Å². The Morgan fingerprint density at radius 2 is 1.97 bits per heavy atom. The zero-order chi connectivity index (χ0) is 20.8. The molecule has 0 unspecified atom stereocenters. The van der Waals surface area contributed by atoms with E-state index < -0.39 is 6.10 Å². The Labute approximate surface area is 179 Å². The molecule has 0 saturated carbocycles. The van der Waals surface area contributed by atoms with Crippen LogP contribution in [0.5, 0.6) is 5.75 Å². The molecule has 2 aromatic rings. The van der Waals surface area contributed by atoms with Crippen LogP contribution >= 0.6 is 11.6 Å². The van der Waals surface area contributed by atoms with E-state index in [9.17, 15) is 4.79 Å². The van der Waals surface area contributed by atoms with Crippen LogP contribution in [0.1, 0.15) is 51.6 Å². The quantitative estimate of drug-likeness (QED) is 0.640. The van der Waals surface area contributed by atoms with Gasteiger partial charge in [-0.25, -0.2) is 0 Å². The molecule has 3 rings (SSSR count). The number of nitrogens with zero attached hydrogens (tertiary/aromatic N) is 1. The van der Waals surface area contributed by atoms with E-state index in [4.69, 9.17) is 16.3 Å². The number of hydrogen-bond donors (Lipinski definition) is 1. The first kappa shape index (κ1) is 21.5. The number of benzene rings is 2. The molecule has 0 bridgehead atoms. The number of halogens is 1. The van der Waals surface area contributed by atoms with Gasteiger partial charge in [-0.1, -0.05) is 49.7 Å². The smallest absolute Gasteiger partial charge is 0.261 e. The summed E-state index contributed by atoms with van der Waals surface area (Å²) >= 11 is 6.16. The number of hydrogen-bond acceptors (Lipinski definition) is 3. The van der Waals surface area contributed by atoms with Gasteiger partial charge in [-0.2, -0.15) is 0 Å². The van der Waals surface area contributed by atoms with E-state index in [2.05, 4.69) is 41.4 Å². The molecule has 5 heteroatoms. The van der Waals surface area contributed by atoms with Crippen LogP contribution in [-0.2, 0) is 4.79 Å². The van der Waals surface area contributed by atoms with Crippen molar-refractivity contribution in [3.05, 3.63) is 59.1 Å². The lowest BCUT2D eigenvalue weighted by Crippen LogP contribution is -2.39. The van der Waals surface area contributed by atoms with Crippen molar-refractivity contribution in [2.75, 3.05) is 18.0 Å². The van der Waals surface area contributed by atoms with E-state index in [0.29, 0.717) is 17.2 Å². The van der Waals surface area contributed by atoms with Crippen molar-refractivity contribution in [2.45, 2.75) is 52.2 Å². The van der Waals surface area contributed by atoms with Crippen LogP contribution in [0, 0.1) is 5.92 Å². The van der Waals surface area contributed by atoms with E-state index in [1.54, 1.807) is 12.1 Å². The zero-order valence-electron chi connectivity index (χ0n) is 17.5. The molecule has 1 aliphatic heterocycles. The SMILES string of the molecule is CC[C@@H](Oc1ccccc1Cl)C(=O)N[C@H](C)c1ccc(N2CCC[C@@H](C)C2)cc1. The number of piperidine rings is 1. The fraction of sp³-hybridized carbons (Fsp3) is 0.458.